The van der Waals surface area contributed by atoms with Crippen molar-refractivity contribution in [1.29, 1.82) is 5.26 Å². The number of nitriles is 1. The van der Waals surface area contributed by atoms with Crippen molar-refractivity contribution in [3.05, 3.63) is 77.9 Å². The summed E-state index contributed by atoms with van der Waals surface area (Å²) >= 11 is 0. The third kappa shape index (κ3) is 6.75. The minimum absolute atomic E-state index is 0.116. The Morgan fingerprint density at radius 3 is 2.55 bits per heavy atom. The minimum atomic E-state index is -4.78. The van der Waals surface area contributed by atoms with Gasteiger partial charge in [0.2, 0.25) is 0 Å². The first kappa shape index (κ1) is 32.6. The number of hydrogen-bond acceptors (Lipinski definition) is 7. The maximum atomic E-state index is 14.2. The second-order valence-corrected chi connectivity index (χ2v) is 11.1. The zero-order valence-corrected chi connectivity index (χ0v) is 25.0. The molecule has 0 aliphatic carbocycles. The number of carbonyl (C=O) groups excluding carboxylic acids is 1. The van der Waals surface area contributed by atoms with Crippen LogP contribution in [-0.4, -0.2) is 68.5 Å². The number of amides is 1. The van der Waals surface area contributed by atoms with E-state index in [1.54, 1.807) is 18.6 Å². The Labute approximate surface area is 254 Å². The summed E-state index contributed by atoms with van der Waals surface area (Å²) in [7, 11) is 0. The molecule has 0 unspecified atom stereocenters. The van der Waals surface area contributed by atoms with Crippen molar-refractivity contribution in [3.8, 4) is 6.07 Å². The number of pyridine rings is 1. The number of aromatic nitrogens is 3. The van der Waals surface area contributed by atoms with E-state index in [-0.39, 0.29) is 25.6 Å². The van der Waals surface area contributed by atoms with Crippen LogP contribution in [0.5, 0.6) is 0 Å². The molecule has 2 fully saturated rings. The average molecular weight is 613 g/mol. The molecule has 1 amide bonds. The number of alkyl halides is 3. The van der Waals surface area contributed by atoms with E-state index >= 15 is 0 Å². The first-order valence-electron chi connectivity index (χ1n) is 14.5. The van der Waals surface area contributed by atoms with Gasteiger partial charge < -0.3 is 10.2 Å². The summed E-state index contributed by atoms with van der Waals surface area (Å²) in [5.74, 6) is -1.16. The second-order valence-electron chi connectivity index (χ2n) is 11.1. The number of rotatable bonds is 6. The van der Waals surface area contributed by atoms with E-state index in [1.165, 1.54) is 11.3 Å². The van der Waals surface area contributed by atoms with Crippen molar-refractivity contribution in [3.63, 3.8) is 0 Å². The summed E-state index contributed by atoms with van der Waals surface area (Å²) in [5.41, 5.74) is 0.379. The summed E-state index contributed by atoms with van der Waals surface area (Å²) in [5, 5.41) is 17.2. The maximum absolute atomic E-state index is 14.2. The summed E-state index contributed by atoms with van der Waals surface area (Å²) in [4.78, 5) is 23.8. The van der Waals surface area contributed by atoms with Crippen molar-refractivity contribution < 1.29 is 22.4 Å². The first-order chi connectivity index (χ1) is 21.0. The Balaban J connectivity index is 0.00000141. The molecule has 13 heteroatoms. The van der Waals surface area contributed by atoms with E-state index in [0.717, 1.165) is 16.7 Å². The lowest BCUT2D eigenvalue weighted by atomic mass is 9.83. The molecule has 9 nitrogen and oxygen atoms in total. The summed E-state index contributed by atoms with van der Waals surface area (Å²) in [6.45, 7) is 11.7. The van der Waals surface area contributed by atoms with Crippen molar-refractivity contribution in [2.24, 2.45) is 4.99 Å². The standard InChI is InChI=1S/C28H28F4N8O.C3H8/c1-3-34-25-21(4-9-35-25)18(2)19-13-37-40(15-19)27(7-8-33)16-39(17-27)20-5-10-38(11-6-20)26(41)22-12-24(28(30,31)32)36-14-23(22)29;1-3-2/h3-4,9,12-15,20H,1,5-7,10-11,16-17H2,2H3,(H,34,35);3H2,1-2H3/b21-18+;. The smallest absolute Gasteiger partial charge is 0.347 e. The van der Waals surface area contributed by atoms with Gasteiger partial charge >= 0.3 is 6.18 Å². The molecule has 3 aliphatic rings. The van der Waals surface area contributed by atoms with E-state index in [2.05, 4.69) is 51.8 Å². The highest BCUT2D eigenvalue weighted by atomic mass is 19.4. The monoisotopic (exact) mass is 612 g/mol. The van der Waals surface area contributed by atoms with Crippen molar-refractivity contribution >= 4 is 17.3 Å². The molecule has 44 heavy (non-hydrogen) atoms. The van der Waals surface area contributed by atoms with Crippen LogP contribution in [0.3, 0.4) is 0 Å². The Bertz CT molecular complexity index is 1500. The Kier molecular flexibility index (Phi) is 10.0. The quantitative estimate of drug-likeness (QED) is 0.432. The highest BCUT2D eigenvalue weighted by Gasteiger charge is 2.48. The number of piperidine rings is 1. The van der Waals surface area contributed by atoms with Gasteiger partial charge in [-0.1, -0.05) is 26.8 Å². The number of carbonyl (C=O) groups is 1. The molecule has 0 spiro atoms. The number of amidine groups is 1. The predicted octanol–water partition coefficient (Wildman–Crippen LogP) is 5.51. The van der Waals surface area contributed by atoms with E-state index in [4.69, 9.17) is 0 Å². The van der Waals surface area contributed by atoms with Crippen LogP contribution in [0.2, 0.25) is 0 Å². The van der Waals surface area contributed by atoms with Crippen LogP contribution in [0.4, 0.5) is 17.6 Å². The molecule has 5 rings (SSSR count). The fraction of sp³-hybridized carbons (Fsp3) is 0.452. The summed E-state index contributed by atoms with van der Waals surface area (Å²) in [6, 6.07) is 2.87. The average Bonchev–Trinajstić information content (AvgIpc) is 3.65. The SMILES string of the molecule is C=CNC1=NC=C/C1=C(/C)c1cnn(C2(CC#N)CN(C3CCN(C(=O)c4cc(C(F)(F)F)ncc4F)CC3)C2)c1.CCC. The number of halogens is 4. The normalized spacial score (nSPS) is 19.3. The second kappa shape index (κ2) is 13.5. The molecule has 2 saturated heterocycles. The summed E-state index contributed by atoms with van der Waals surface area (Å²) in [6.07, 6.45) is 7.23. The lowest BCUT2D eigenvalue weighted by Crippen LogP contribution is -2.66. The van der Waals surface area contributed by atoms with E-state index in [9.17, 15) is 27.6 Å². The molecule has 0 saturated carbocycles. The lowest BCUT2D eigenvalue weighted by Gasteiger charge is -2.53. The number of likely N-dealkylation sites (tertiary alicyclic amines) is 2. The molecule has 1 N–H and O–H groups in total. The molecular weight excluding hydrogens is 576 g/mol. The van der Waals surface area contributed by atoms with Crippen LogP contribution in [-0.2, 0) is 11.7 Å². The van der Waals surface area contributed by atoms with Crippen molar-refractivity contribution in [2.75, 3.05) is 26.2 Å². The Morgan fingerprint density at radius 2 is 1.93 bits per heavy atom. The molecule has 0 atom stereocenters. The van der Waals surface area contributed by atoms with Crippen LogP contribution < -0.4 is 5.32 Å². The van der Waals surface area contributed by atoms with Gasteiger partial charge in [-0.25, -0.2) is 14.4 Å². The van der Waals surface area contributed by atoms with Gasteiger partial charge in [0.25, 0.3) is 5.91 Å². The molecule has 0 bridgehead atoms. The topological polar surface area (TPSA) is 102 Å². The van der Waals surface area contributed by atoms with Gasteiger partial charge in [-0.3, -0.25) is 14.4 Å². The lowest BCUT2D eigenvalue weighted by molar-refractivity contribution is -0.141. The molecule has 2 aromatic rings. The van der Waals surface area contributed by atoms with Gasteiger partial charge in [-0.05, 0) is 43.7 Å². The predicted molar refractivity (Wildman–Crippen MR) is 159 cm³/mol. The zero-order valence-electron chi connectivity index (χ0n) is 25.0. The van der Waals surface area contributed by atoms with Gasteiger partial charge in [-0.15, -0.1) is 0 Å². The number of aliphatic imine (C=N–C) groups is 1. The van der Waals surface area contributed by atoms with Gasteiger partial charge in [-0.2, -0.15) is 23.5 Å². The zero-order chi connectivity index (χ0) is 32.1. The highest BCUT2D eigenvalue weighted by Crippen LogP contribution is 2.37. The molecule has 5 heterocycles. The van der Waals surface area contributed by atoms with Crippen LogP contribution in [0.25, 0.3) is 5.57 Å². The minimum Gasteiger partial charge on any atom is -0.347 e. The fourth-order valence-corrected chi connectivity index (χ4v) is 5.60. The van der Waals surface area contributed by atoms with E-state index < -0.39 is 34.7 Å². The maximum Gasteiger partial charge on any atom is 0.433 e. The molecule has 3 aliphatic heterocycles. The number of nitrogens with zero attached hydrogens (tertiary/aromatic N) is 7. The number of allylic oxidation sites excluding steroid dienone is 1. The third-order valence-electron chi connectivity index (χ3n) is 7.89. The molecule has 2 aromatic heterocycles. The summed E-state index contributed by atoms with van der Waals surface area (Å²) < 4.78 is 55.1. The number of nitrogens with one attached hydrogen (secondary N) is 1. The van der Waals surface area contributed by atoms with Crippen LogP contribution in [0, 0.1) is 17.1 Å². The van der Waals surface area contributed by atoms with Crippen LogP contribution in [0.1, 0.15) is 68.1 Å². The molecule has 0 aromatic carbocycles. The van der Waals surface area contributed by atoms with Gasteiger partial charge in [0.15, 0.2) is 5.82 Å². The molecular formula is C31H36F4N8O. The number of hydrogen-bond donors (Lipinski definition) is 1. The Morgan fingerprint density at radius 1 is 1.25 bits per heavy atom. The van der Waals surface area contributed by atoms with Crippen molar-refractivity contribution in [2.45, 2.75) is 64.2 Å². The third-order valence-corrected chi connectivity index (χ3v) is 7.89. The highest BCUT2D eigenvalue weighted by molar-refractivity contribution is 6.09. The molecule has 234 valence electrons. The molecule has 0 radical (unpaired) electrons. The first-order valence-corrected chi connectivity index (χ1v) is 14.5. The van der Waals surface area contributed by atoms with Crippen molar-refractivity contribution in [1.82, 2.24) is 29.9 Å². The van der Waals surface area contributed by atoms with Gasteiger partial charge in [0.1, 0.15) is 17.1 Å². The van der Waals surface area contributed by atoms with E-state index in [1.807, 2.05) is 23.9 Å². The van der Waals surface area contributed by atoms with Crippen LogP contribution >= 0.6 is 0 Å². The fourth-order valence-electron chi connectivity index (χ4n) is 5.60. The Hall–Kier alpha value is -4.31. The van der Waals surface area contributed by atoms with Crippen LogP contribution in [0.15, 0.2) is 60.3 Å². The van der Waals surface area contributed by atoms with Gasteiger partial charge in [0.05, 0.1) is 30.4 Å². The largest absolute Gasteiger partial charge is 0.433 e. The van der Waals surface area contributed by atoms with Gasteiger partial charge in [0, 0.05) is 55.8 Å². The van der Waals surface area contributed by atoms with E-state index in [0.29, 0.717) is 44.0 Å².